The summed E-state index contributed by atoms with van der Waals surface area (Å²) < 4.78 is 0. The molecule has 0 fully saturated rings. The van der Waals surface area contributed by atoms with Crippen molar-refractivity contribution in [2.45, 2.75) is 24.9 Å². The molecule has 0 saturated carbocycles. The van der Waals surface area contributed by atoms with Crippen molar-refractivity contribution in [2.75, 3.05) is 0 Å². The number of phenols is 2. The maximum Gasteiger partial charge on any atom is 0.274 e. The maximum absolute atomic E-state index is 13.6. The number of rotatable bonds is 4. The Kier molecular flexibility index (Phi) is 4.73. The number of benzene rings is 3. The molecule has 2 heterocycles. The van der Waals surface area contributed by atoms with E-state index in [1.54, 1.807) is 24.3 Å². The molecule has 0 aromatic heterocycles. The fourth-order valence-electron chi connectivity index (χ4n) is 4.94. The fourth-order valence-corrected chi connectivity index (χ4v) is 4.94. The zero-order valence-electron chi connectivity index (χ0n) is 18.3. The van der Waals surface area contributed by atoms with E-state index in [9.17, 15) is 15.0 Å². The monoisotopic (exact) mass is 449 g/mol. The summed E-state index contributed by atoms with van der Waals surface area (Å²) in [5, 5.41) is 23.2. The Morgan fingerprint density at radius 1 is 0.882 bits per heavy atom. The van der Waals surface area contributed by atoms with Gasteiger partial charge in [0.2, 0.25) is 0 Å². The molecule has 2 unspecified atom stereocenters. The standard InChI is InChI=1S/C28H23N3O3/c32-20-9-6-18(7-10-20)15-24-28(34)31-25-13-8-19-16-21(33)11-12-22(19)26(25)29-23(27(31)30-24)14-17-4-2-1-3-5-17/h1-13,16,25-26,29,32-33H,14-15H2. The van der Waals surface area contributed by atoms with Gasteiger partial charge >= 0.3 is 0 Å². The molecule has 6 rings (SSSR count). The first-order valence-corrected chi connectivity index (χ1v) is 11.3. The van der Waals surface area contributed by atoms with E-state index in [0.717, 1.165) is 28.0 Å². The Balaban J connectivity index is 1.42. The number of aromatic hydroxyl groups is 2. The molecule has 6 heteroatoms. The summed E-state index contributed by atoms with van der Waals surface area (Å²) in [4.78, 5) is 20.3. The molecular formula is C28H23N3O3. The summed E-state index contributed by atoms with van der Waals surface area (Å²) in [7, 11) is 0. The minimum atomic E-state index is -0.222. The minimum Gasteiger partial charge on any atom is -0.508 e. The summed E-state index contributed by atoms with van der Waals surface area (Å²) in [5.74, 6) is 0.973. The van der Waals surface area contributed by atoms with Crippen molar-refractivity contribution in [3.05, 3.63) is 113 Å². The molecule has 1 aliphatic carbocycles. The maximum atomic E-state index is 13.6. The van der Waals surface area contributed by atoms with Gasteiger partial charge in [0.15, 0.2) is 5.82 Å². The van der Waals surface area contributed by atoms with Crippen LogP contribution < -0.4 is 5.32 Å². The Labute approximate surface area is 197 Å². The highest BCUT2D eigenvalue weighted by Crippen LogP contribution is 2.41. The smallest absolute Gasteiger partial charge is 0.274 e. The molecule has 1 amide bonds. The first kappa shape index (κ1) is 20.3. The van der Waals surface area contributed by atoms with Gasteiger partial charge in [-0.2, -0.15) is 0 Å². The van der Waals surface area contributed by atoms with Crippen LogP contribution in [0.4, 0.5) is 0 Å². The summed E-state index contributed by atoms with van der Waals surface area (Å²) in [5.41, 5.74) is 5.40. The number of carbonyl (C=O) groups excluding carboxylic acids is 1. The first-order valence-electron chi connectivity index (χ1n) is 11.3. The van der Waals surface area contributed by atoms with E-state index in [2.05, 4.69) is 17.4 Å². The highest BCUT2D eigenvalue weighted by molar-refractivity contribution is 6.41. The number of phenolic OH excluding ortho intramolecular Hbond substituents is 2. The number of carbonyl (C=O) groups is 1. The Bertz CT molecular complexity index is 1370. The number of hydrogen-bond donors (Lipinski definition) is 3. The van der Waals surface area contributed by atoms with Gasteiger partial charge in [-0.25, -0.2) is 4.99 Å². The van der Waals surface area contributed by atoms with E-state index in [4.69, 9.17) is 4.99 Å². The molecule has 2 aliphatic heterocycles. The number of amides is 1. The minimum absolute atomic E-state index is 0.1000. The lowest BCUT2D eigenvalue weighted by molar-refractivity contribution is -0.123. The van der Waals surface area contributed by atoms with Crippen molar-refractivity contribution in [1.29, 1.82) is 0 Å². The van der Waals surface area contributed by atoms with Crippen LogP contribution in [0.3, 0.4) is 0 Å². The van der Waals surface area contributed by atoms with Gasteiger partial charge in [0.1, 0.15) is 17.2 Å². The third-order valence-electron chi connectivity index (χ3n) is 6.58. The SMILES string of the molecule is O=C1C(Cc2ccc(O)cc2)=NC2=C(Cc3ccccc3)NC3c4ccc(O)cc4C=CC3N12. The molecule has 6 nitrogen and oxygen atoms in total. The van der Waals surface area contributed by atoms with Crippen LogP contribution in [-0.2, 0) is 17.6 Å². The van der Waals surface area contributed by atoms with E-state index in [-0.39, 0.29) is 29.5 Å². The Morgan fingerprint density at radius 3 is 2.41 bits per heavy atom. The number of aliphatic imine (C=N–C) groups is 1. The number of nitrogens with zero attached hydrogens (tertiary/aromatic N) is 2. The van der Waals surface area contributed by atoms with Gasteiger partial charge in [-0.1, -0.05) is 60.7 Å². The largest absolute Gasteiger partial charge is 0.508 e. The van der Waals surface area contributed by atoms with E-state index in [0.29, 0.717) is 24.4 Å². The molecule has 0 spiro atoms. The molecule has 3 aromatic rings. The molecule has 0 saturated heterocycles. The van der Waals surface area contributed by atoms with Crippen molar-refractivity contribution in [1.82, 2.24) is 10.2 Å². The summed E-state index contributed by atoms with van der Waals surface area (Å²) in [6.45, 7) is 0. The molecule has 3 aliphatic rings. The predicted octanol–water partition coefficient (Wildman–Crippen LogP) is 4.08. The van der Waals surface area contributed by atoms with Gasteiger partial charge < -0.3 is 15.5 Å². The Morgan fingerprint density at radius 2 is 1.62 bits per heavy atom. The lowest BCUT2D eigenvalue weighted by Gasteiger charge is -2.42. The van der Waals surface area contributed by atoms with Crippen LogP contribution in [0.2, 0.25) is 0 Å². The molecule has 168 valence electrons. The molecule has 3 N–H and O–H groups in total. The van der Waals surface area contributed by atoms with Gasteiger partial charge in [-0.15, -0.1) is 0 Å². The average molecular weight is 450 g/mol. The van der Waals surface area contributed by atoms with Crippen molar-refractivity contribution in [3.8, 4) is 11.5 Å². The predicted molar refractivity (Wildman–Crippen MR) is 130 cm³/mol. The zero-order chi connectivity index (χ0) is 23.2. The normalized spacial score (nSPS) is 20.4. The molecule has 3 aromatic carbocycles. The van der Waals surface area contributed by atoms with Crippen molar-refractivity contribution < 1.29 is 15.0 Å². The first-order chi connectivity index (χ1) is 16.6. The molecule has 0 radical (unpaired) electrons. The van der Waals surface area contributed by atoms with Gasteiger partial charge in [-0.3, -0.25) is 9.69 Å². The number of nitrogens with one attached hydrogen (secondary N) is 1. The lowest BCUT2D eigenvalue weighted by Crippen LogP contribution is -2.51. The van der Waals surface area contributed by atoms with E-state index in [1.807, 2.05) is 53.5 Å². The van der Waals surface area contributed by atoms with Crippen LogP contribution >= 0.6 is 0 Å². The van der Waals surface area contributed by atoms with E-state index >= 15 is 0 Å². The lowest BCUT2D eigenvalue weighted by atomic mass is 9.86. The summed E-state index contributed by atoms with van der Waals surface area (Å²) in [6, 6.07) is 22.0. The van der Waals surface area contributed by atoms with Crippen LogP contribution in [0.5, 0.6) is 11.5 Å². The quantitative estimate of drug-likeness (QED) is 0.561. The van der Waals surface area contributed by atoms with Crippen LogP contribution in [0.25, 0.3) is 6.08 Å². The van der Waals surface area contributed by atoms with Gasteiger partial charge in [0.25, 0.3) is 5.91 Å². The van der Waals surface area contributed by atoms with E-state index in [1.165, 1.54) is 0 Å². The highest BCUT2D eigenvalue weighted by atomic mass is 16.3. The highest BCUT2D eigenvalue weighted by Gasteiger charge is 2.45. The molecule has 2 atom stereocenters. The molecular weight excluding hydrogens is 426 g/mol. The van der Waals surface area contributed by atoms with Crippen molar-refractivity contribution >= 4 is 17.7 Å². The summed E-state index contributed by atoms with van der Waals surface area (Å²) >= 11 is 0. The van der Waals surface area contributed by atoms with Gasteiger partial charge in [-0.05, 0) is 46.5 Å². The second-order valence-electron chi connectivity index (χ2n) is 8.83. The number of allylic oxidation sites excluding steroid dienone is 1. The van der Waals surface area contributed by atoms with Gasteiger partial charge in [0.05, 0.1) is 17.8 Å². The van der Waals surface area contributed by atoms with Crippen molar-refractivity contribution in [2.24, 2.45) is 4.99 Å². The van der Waals surface area contributed by atoms with Crippen molar-refractivity contribution in [3.63, 3.8) is 0 Å². The Hall–Kier alpha value is -4.32. The summed E-state index contributed by atoms with van der Waals surface area (Å²) in [6.07, 6.45) is 4.98. The zero-order valence-corrected chi connectivity index (χ0v) is 18.3. The average Bonchev–Trinajstić information content (AvgIpc) is 3.17. The topological polar surface area (TPSA) is 85.2 Å². The fraction of sp³-hybridized carbons (Fsp3) is 0.143. The van der Waals surface area contributed by atoms with Crippen LogP contribution in [-0.4, -0.2) is 32.8 Å². The third kappa shape index (κ3) is 3.44. The number of hydrogen-bond acceptors (Lipinski definition) is 5. The van der Waals surface area contributed by atoms with Crippen LogP contribution in [0.15, 0.2) is 95.4 Å². The second kappa shape index (κ2) is 7.92. The second-order valence-corrected chi connectivity index (χ2v) is 8.83. The third-order valence-corrected chi connectivity index (χ3v) is 6.58. The van der Waals surface area contributed by atoms with Crippen LogP contribution in [0, 0.1) is 0 Å². The number of fused-ring (bicyclic) bond motifs is 5. The van der Waals surface area contributed by atoms with E-state index < -0.39 is 0 Å². The molecule has 34 heavy (non-hydrogen) atoms. The molecule has 0 bridgehead atoms. The van der Waals surface area contributed by atoms with Crippen LogP contribution in [0.1, 0.15) is 28.3 Å². The van der Waals surface area contributed by atoms with Gasteiger partial charge in [0, 0.05) is 12.8 Å².